The van der Waals surface area contributed by atoms with Crippen LogP contribution < -0.4 is 0 Å². The van der Waals surface area contributed by atoms with Gasteiger partial charge in [0.25, 0.3) is 0 Å². The average Bonchev–Trinajstić information content (AvgIpc) is 2.88. The lowest BCUT2D eigenvalue weighted by Gasteiger charge is -2.40. The van der Waals surface area contributed by atoms with E-state index in [1.54, 1.807) is 11.8 Å². The molecule has 0 aromatic rings. The topological polar surface area (TPSA) is 81.1 Å². The molecule has 21 heavy (non-hydrogen) atoms. The van der Waals surface area contributed by atoms with Gasteiger partial charge in [-0.3, -0.25) is 0 Å². The number of carbonyl (C=O) groups is 2. The van der Waals surface area contributed by atoms with Crippen LogP contribution in [0.25, 0.3) is 0 Å². The molecule has 2 N–H and O–H groups in total. The number of carboxylic acids is 1. The van der Waals surface area contributed by atoms with Gasteiger partial charge in [-0.05, 0) is 32.6 Å². The monoisotopic (exact) mass is 298 g/mol. The molecule has 1 heterocycles. The Labute approximate surface area is 125 Å². The van der Waals surface area contributed by atoms with E-state index in [2.05, 4.69) is 0 Å². The molecule has 0 bridgehead atoms. The molecule has 2 rings (SSSR count). The molecule has 0 radical (unpaired) electrons. The number of amides is 2. The number of aliphatic carboxylic acids is 1. The SMILES string of the molecule is CC1(C(=O)O)CCCN1C(=O)N(CCO)C1CCCCC1. The largest absolute Gasteiger partial charge is 0.480 e. The Kier molecular flexibility index (Phi) is 5.08. The van der Waals surface area contributed by atoms with Gasteiger partial charge in [0.1, 0.15) is 5.54 Å². The molecule has 2 fully saturated rings. The van der Waals surface area contributed by atoms with E-state index in [4.69, 9.17) is 0 Å². The molecule has 2 amide bonds. The van der Waals surface area contributed by atoms with Gasteiger partial charge in [0.15, 0.2) is 0 Å². The van der Waals surface area contributed by atoms with Gasteiger partial charge in [0.05, 0.1) is 6.61 Å². The van der Waals surface area contributed by atoms with Crippen molar-refractivity contribution in [2.75, 3.05) is 19.7 Å². The summed E-state index contributed by atoms with van der Waals surface area (Å²) in [7, 11) is 0. The lowest BCUT2D eigenvalue weighted by molar-refractivity contribution is -0.147. The molecule has 120 valence electrons. The number of likely N-dealkylation sites (tertiary alicyclic amines) is 1. The molecule has 6 nitrogen and oxygen atoms in total. The molecule has 1 saturated carbocycles. The van der Waals surface area contributed by atoms with Crippen molar-refractivity contribution in [3.8, 4) is 0 Å². The van der Waals surface area contributed by atoms with E-state index in [0.717, 1.165) is 25.7 Å². The van der Waals surface area contributed by atoms with Crippen LogP contribution in [0.5, 0.6) is 0 Å². The van der Waals surface area contributed by atoms with Crippen LogP contribution in [0.1, 0.15) is 51.9 Å². The fourth-order valence-electron chi connectivity index (χ4n) is 3.58. The molecule has 1 aliphatic carbocycles. The number of aliphatic hydroxyl groups excluding tert-OH is 1. The maximum Gasteiger partial charge on any atom is 0.329 e. The second-order valence-corrected chi connectivity index (χ2v) is 6.33. The summed E-state index contributed by atoms with van der Waals surface area (Å²) in [6, 6.07) is -0.0876. The van der Waals surface area contributed by atoms with E-state index in [1.165, 1.54) is 11.3 Å². The van der Waals surface area contributed by atoms with Crippen LogP contribution in [0.4, 0.5) is 4.79 Å². The summed E-state index contributed by atoms with van der Waals surface area (Å²) in [6.07, 6.45) is 6.48. The van der Waals surface area contributed by atoms with Crippen LogP contribution in [0.3, 0.4) is 0 Å². The zero-order chi connectivity index (χ0) is 15.5. The molecule has 0 aromatic heterocycles. The minimum absolute atomic E-state index is 0.0835. The first-order valence-electron chi connectivity index (χ1n) is 7.93. The number of carbonyl (C=O) groups excluding carboxylic acids is 1. The highest BCUT2D eigenvalue weighted by Gasteiger charge is 2.47. The van der Waals surface area contributed by atoms with Gasteiger partial charge in [-0.2, -0.15) is 0 Å². The smallest absolute Gasteiger partial charge is 0.329 e. The fourth-order valence-corrected chi connectivity index (χ4v) is 3.58. The fraction of sp³-hybridized carbons (Fsp3) is 0.867. The van der Waals surface area contributed by atoms with Crippen LogP contribution in [-0.4, -0.2) is 63.3 Å². The maximum absolute atomic E-state index is 12.8. The van der Waals surface area contributed by atoms with Crippen LogP contribution in [0.15, 0.2) is 0 Å². The van der Waals surface area contributed by atoms with E-state index >= 15 is 0 Å². The number of aliphatic hydroxyl groups is 1. The highest BCUT2D eigenvalue weighted by Crippen LogP contribution is 2.32. The van der Waals surface area contributed by atoms with Crippen molar-refractivity contribution in [3.63, 3.8) is 0 Å². The second kappa shape index (κ2) is 6.64. The zero-order valence-electron chi connectivity index (χ0n) is 12.8. The van der Waals surface area contributed by atoms with Crippen molar-refractivity contribution >= 4 is 12.0 Å². The number of nitrogens with zero attached hydrogens (tertiary/aromatic N) is 2. The average molecular weight is 298 g/mol. The summed E-state index contributed by atoms with van der Waals surface area (Å²) in [5, 5.41) is 18.7. The quantitative estimate of drug-likeness (QED) is 0.827. The van der Waals surface area contributed by atoms with Gasteiger partial charge in [-0.25, -0.2) is 9.59 Å². The molecule has 0 spiro atoms. The Morgan fingerprint density at radius 1 is 1.24 bits per heavy atom. The summed E-state index contributed by atoms with van der Waals surface area (Å²) >= 11 is 0. The molecule has 0 aromatic carbocycles. The van der Waals surface area contributed by atoms with E-state index < -0.39 is 11.5 Å². The third kappa shape index (κ3) is 3.15. The normalized spacial score (nSPS) is 26.9. The molecule has 1 saturated heterocycles. The third-order valence-corrected chi connectivity index (χ3v) is 4.93. The molecule has 1 atom stereocenters. The van der Waals surface area contributed by atoms with Gasteiger partial charge in [0, 0.05) is 19.1 Å². The number of hydrogen-bond acceptors (Lipinski definition) is 3. The van der Waals surface area contributed by atoms with Crippen molar-refractivity contribution in [1.82, 2.24) is 9.80 Å². The second-order valence-electron chi connectivity index (χ2n) is 6.33. The van der Waals surface area contributed by atoms with Crippen LogP contribution in [0.2, 0.25) is 0 Å². The number of carboxylic acid groups (broad SMARTS) is 1. The Morgan fingerprint density at radius 3 is 2.48 bits per heavy atom. The van der Waals surface area contributed by atoms with Crippen LogP contribution in [0, 0.1) is 0 Å². The lowest BCUT2D eigenvalue weighted by Crippen LogP contribution is -2.57. The van der Waals surface area contributed by atoms with Crippen LogP contribution in [-0.2, 0) is 4.79 Å². The summed E-state index contributed by atoms with van der Waals surface area (Å²) in [5.41, 5.74) is -1.11. The van der Waals surface area contributed by atoms with Crippen LogP contribution >= 0.6 is 0 Å². The Bertz CT molecular complexity index is 395. The maximum atomic E-state index is 12.8. The lowest BCUT2D eigenvalue weighted by atomic mass is 9.94. The van der Waals surface area contributed by atoms with Crippen molar-refractivity contribution < 1.29 is 19.8 Å². The van der Waals surface area contributed by atoms with Crippen molar-refractivity contribution in [3.05, 3.63) is 0 Å². The minimum atomic E-state index is -1.11. The van der Waals surface area contributed by atoms with Gasteiger partial charge in [0.2, 0.25) is 0 Å². The molecular formula is C15H26N2O4. The summed E-state index contributed by atoms with van der Waals surface area (Å²) in [4.78, 5) is 27.6. The minimum Gasteiger partial charge on any atom is -0.480 e. The first-order valence-corrected chi connectivity index (χ1v) is 7.93. The predicted molar refractivity (Wildman–Crippen MR) is 78.0 cm³/mol. The number of rotatable bonds is 4. The van der Waals surface area contributed by atoms with E-state index in [-0.39, 0.29) is 25.2 Å². The molecule has 1 unspecified atom stereocenters. The zero-order valence-corrected chi connectivity index (χ0v) is 12.8. The number of urea groups is 1. The van der Waals surface area contributed by atoms with Crippen molar-refractivity contribution in [2.24, 2.45) is 0 Å². The van der Waals surface area contributed by atoms with Gasteiger partial charge in [-0.15, -0.1) is 0 Å². The molecular weight excluding hydrogens is 272 g/mol. The molecule has 2 aliphatic rings. The summed E-state index contributed by atoms with van der Waals surface area (Å²) in [6.45, 7) is 2.31. The van der Waals surface area contributed by atoms with E-state index in [9.17, 15) is 19.8 Å². The molecule has 6 heteroatoms. The Balaban J connectivity index is 2.15. The summed E-state index contributed by atoms with van der Waals surface area (Å²) in [5.74, 6) is -0.944. The van der Waals surface area contributed by atoms with E-state index in [1.807, 2.05) is 0 Å². The first-order chi connectivity index (χ1) is 10.0. The highest BCUT2D eigenvalue weighted by molar-refractivity contribution is 5.86. The first kappa shape index (κ1) is 16.1. The standard InChI is InChI=1S/C15H26N2O4/c1-15(13(19)20)8-5-9-17(15)14(21)16(10-11-18)12-6-3-2-4-7-12/h12,18H,2-11H2,1H3,(H,19,20). The van der Waals surface area contributed by atoms with Gasteiger partial charge in [-0.1, -0.05) is 19.3 Å². The number of hydrogen-bond donors (Lipinski definition) is 2. The highest BCUT2D eigenvalue weighted by atomic mass is 16.4. The van der Waals surface area contributed by atoms with Gasteiger partial charge >= 0.3 is 12.0 Å². The summed E-state index contributed by atoms with van der Waals surface area (Å²) < 4.78 is 0. The molecule has 1 aliphatic heterocycles. The predicted octanol–water partition coefficient (Wildman–Crippen LogP) is 1.67. The Hall–Kier alpha value is -1.30. The van der Waals surface area contributed by atoms with Gasteiger partial charge < -0.3 is 20.0 Å². The van der Waals surface area contributed by atoms with Crippen molar-refractivity contribution in [2.45, 2.75) is 63.5 Å². The van der Waals surface area contributed by atoms with Crippen molar-refractivity contribution in [1.29, 1.82) is 0 Å². The van der Waals surface area contributed by atoms with E-state index in [0.29, 0.717) is 19.4 Å². The third-order valence-electron chi connectivity index (χ3n) is 4.93. The Morgan fingerprint density at radius 2 is 1.90 bits per heavy atom.